The SMILES string of the molecule is COc1cccc(NS(=O)(=O)c2ccc3occ(C4CCC(=O)NC4=O)c3c2)c1. The number of amides is 2. The summed E-state index contributed by atoms with van der Waals surface area (Å²) in [6.45, 7) is 0. The van der Waals surface area contributed by atoms with Gasteiger partial charge in [0.1, 0.15) is 11.3 Å². The highest BCUT2D eigenvalue weighted by Crippen LogP contribution is 2.34. The van der Waals surface area contributed by atoms with Gasteiger partial charge in [0.05, 0.1) is 29.9 Å². The molecule has 2 N–H and O–H groups in total. The summed E-state index contributed by atoms with van der Waals surface area (Å²) < 4.78 is 38.8. The third-order valence-electron chi connectivity index (χ3n) is 4.82. The Morgan fingerprint density at radius 2 is 2.00 bits per heavy atom. The molecule has 29 heavy (non-hydrogen) atoms. The standard InChI is InChI=1S/C20H18N2O6S/c1-27-13-4-2-3-12(9-13)22-29(25,26)14-5-7-18-16(10-14)17(11-28-18)15-6-8-19(23)21-20(15)24/h2-5,7,9-11,15,22H,6,8H2,1H3,(H,21,23,24). The highest BCUT2D eigenvalue weighted by Gasteiger charge is 2.31. The van der Waals surface area contributed by atoms with E-state index >= 15 is 0 Å². The molecule has 0 aliphatic carbocycles. The minimum Gasteiger partial charge on any atom is -0.497 e. The number of nitrogens with one attached hydrogen (secondary N) is 2. The second kappa shape index (κ2) is 7.25. The number of anilines is 1. The molecule has 150 valence electrons. The van der Waals surface area contributed by atoms with Crippen molar-refractivity contribution in [3.05, 3.63) is 54.3 Å². The van der Waals surface area contributed by atoms with Gasteiger partial charge in [-0.05, 0) is 36.8 Å². The van der Waals surface area contributed by atoms with Gasteiger partial charge in [-0.1, -0.05) is 6.07 Å². The van der Waals surface area contributed by atoms with E-state index in [1.165, 1.54) is 25.5 Å². The van der Waals surface area contributed by atoms with Crippen LogP contribution in [-0.4, -0.2) is 27.3 Å². The zero-order valence-corrected chi connectivity index (χ0v) is 16.3. The Kier molecular flexibility index (Phi) is 4.75. The number of piperidine rings is 1. The van der Waals surface area contributed by atoms with E-state index in [4.69, 9.17) is 9.15 Å². The number of furan rings is 1. The minimum absolute atomic E-state index is 0.0303. The highest BCUT2D eigenvalue weighted by atomic mass is 32.2. The van der Waals surface area contributed by atoms with Crippen molar-refractivity contribution in [3.63, 3.8) is 0 Å². The summed E-state index contributed by atoms with van der Waals surface area (Å²) in [6, 6.07) is 11.0. The third-order valence-corrected chi connectivity index (χ3v) is 6.20. The van der Waals surface area contributed by atoms with Crippen molar-refractivity contribution in [1.29, 1.82) is 0 Å². The van der Waals surface area contributed by atoms with Gasteiger partial charge >= 0.3 is 0 Å². The van der Waals surface area contributed by atoms with E-state index in [1.807, 2.05) is 0 Å². The van der Waals surface area contributed by atoms with Crippen molar-refractivity contribution in [3.8, 4) is 5.75 Å². The first-order valence-corrected chi connectivity index (χ1v) is 10.4. The molecule has 1 aromatic heterocycles. The molecule has 1 saturated heterocycles. The predicted octanol–water partition coefficient (Wildman–Crippen LogP) is 2.76. The number of imide groups is 1. The van der Waals surface area contributed by atoms with E-state index in [-0.39, 0.29) is 17.2 Å². The van der Waals surface area contributed by atoms with Gasteiger partial charge in [0.25, 0.3) is 10.0 Å². The molecule has 0 radical (unpaired) electrons. The maximum atomic E-state index is 12.9. The van der Waals surface area contributed by atoms with Crippen LogP contribution in [0, 0.1) is 0 Å². The minimum atomic E-state index is -3.88. The molecule has 0 spiro atoms. The number of benzene rings is 2. The van der Waals surface area contributed by atoms with Gasteiger partial charge in [-0.3, -0.25) is 19.6 Å². The summed E-state index contributed by atoms with van der Waals surface area (Å²) in [4.78, 5) is 23.6. The van der Waals surface area contributed by atoms with Crippen LogP contribution in [0.15, 0.2) is 58.0 Å². The van der Waals surface area contributed by atoms with Crippen LogP contribution in [0.3, 0.4) is 0 Å². The largest absolute Gasteiger partial charge is 0.497 e. The quantitative estimate of drug-likeness (QED) is 0.621. The topological polar surface area (TPSA) is 115 Å². The first-order valence-electron chi connectivity index (χ1n) is 8.89. The molecule has 1 unspecified atom stereocenters. The van der Waals surface area contributed by atoms with Crippen molar-refractivity contribution < 1.29 is 27.2 Å². The van der Waals surface area contributed by atoms with Crippen LogP contribution in [0.1, 0.15) is 24.3 Å². The van der Waals surface area contributed by atoms with Gasteiger partial charge in [-0.15, -0.1) is 0 Å². The van der Waals surface area contributed by atoms with Crippen LogP contribution in [0.5, 0.6) is 5.75 Å². The van der Waals surface area contributed by atoms with E-state index in [1.54, 1.807) is 30.3 Å². The summed E-state index contributed by atoms with van der Waals surface area (Å²) in [6.07, 6.45) is 2.01. The van der Waals surface area contributed by atoms with Gasteiger partial charge in [-0.25, -0.2) is 8.42 Å². The molecule has 4 rings (SSSR count). The fraction of sp³-hybridized carbons (Fsp3) is 0.200. The first-order chi connectivity index (χ1) is 13.9. The number of rotatable bonds is 5. The molecule has 1 fully saturated rings. The van der Waals surface area contributed by atoms with Crippen LogP contribution in [0.4, 0.5) is 5.69 Å². The molecule has 0 saturated carbocycles. The lowest BCUT2D eigenvalue weighted by molar-refractivity contribution is -0.134. The summed E-state index contributed by atoms with van der Waals surface area (Å²) >= 11 is 0. The van der Waals surface area contributed by atoms with Crippen molar-refractivity contribution in [1.82, 2.24) is 5.32 Å². The first kappa shape index (κ1) is 19.0. The smallest absolute Gasteiger partial charge is 0.261 e. The molecule has 2 amide bonds. The number of ether oxygens (including phenoxy) is 1. The second-order valence-electron chi connectivity index (χ2n) is 6.69. The van der Waals surface area contributed by atoms with Crippen LogP contribution >= 0.6 is 0 Å². The zero-order valence-electron chi connectivity index (χ0n) is 15.5. The lowest BCUT2D eigenvalue weighted by atomic mass is 9.90. The van der Waals surface area contributed by atoms with Crippen molar-refractivity contribution in [2.75, 3.05) is 11.8 Å². The number of sulfonamides is 1. The van der Waals surface area contributed by atoms with Gasteiger partial charge in [0.15, 0.2) is 0 Å². The Morgan fingerprint density at radius 1 is 1.17 bits per heavy atom. The van der Waals surface area contributed by atoms with Crippen LogP contribution in [-0.2, 0) is 19.6 Å². The molecule has 1 aliphatic heterocycles. The third kappa shape index (κ3) is 3.68. The van der Waals surface area contributed by atoms with Crippen molar-refractivity contribution >= 4 is 38.5 Å². The Morgan fingerprint density at radius 3 is 2.76 bits per heavy atom. The van der Waals surface area contributed by atoms with Gasteiger partial charge < -0.3 is 9.15 Å². The van der Waals surface area contributed by atoms with Crippen LogP contribution < -0.4 is 14.8 Å². The molecule has 1 atom stereocenters. The molecule has 8 nitrogen and oxygen atoms in total. The molecule has 1 aliphatic rings. The molecule has 9 heteroatoms. The average Bonchev–Trinajstić information content (AvgIpc) is 3.11. The average molecular weight is 414 g/mol. The van der Waals surface area contributed by atoms with Crippen molar-refractivity contribution in [2.45, 2.75) is 23.7 Å². The zero-order chi connectivity index (χ0) is 20.6. The Bertz CT molecular complexity index is 1210. The molecule has 2 aromatic carbocycles. The van der Waals surface area contributed by atoms with Crippen LogP contribution in [0.2, 0.25) is 0 Å². The van der Waals surface area contributed by atoms with Gasteiger partial charge in [0, 0.05) is 23.4 Å². The summed E-state index contributed by atoms with van der Waals surface area (Å²) in [5.41, 5.74) is 1.38. The lowest BCUT2D eigenvalue weighted by Gasteiger charge is -2.20. The highest BCUT2D eigenvalue weighted by molar-refractivity contribution is 7.92. The van der Waals surface area contributed by atoms with E-state index in [9.17, 15) is 18.0 Å². The number of methoxy groups -OCH3 is 1. The van der Waals surface area contributed by atoms with E-state index in [0.717, 1.165) is 0 Å². The lowest BCUT2D eigenvalue weighted by Crippen LogP contribution is -2.39. The summed E-state index contributed by atoms with van der Waals surface area (Å²) in [5, 5.41) is 2.83. The number of carbonyl (C=O) groups excluding carboxylic acids is 2. The molecule has 3 aromatic rings. The molecular formula is C20H18N2O6S. The molecule has 2 heterocycles. The Balaban J connectivity index is 1.69. The van der Waals surface area contributed by atoms with Gasteiger partial charge in [0.2, 0.25) is 11.8 Å². The Labute approximate surface area is 166 Å². The second-order valence-corrected chi connectivity index (χ2v) is 8.37. The van der Waals surface area contributed by atoms with E-state index < -0.39 is 21.8 Å². The number of fused-ring (bicyclic) bond motifs is 1. The van der Waals surface area contributed by atoms with E-state index in [2.05, 4.69) is 10.0 Å². The molecular weight excluding hydrogens is 396 g/mol. The maximum absolute atomic E-state index is 12.9. The summed E-state index contributed by atoms with van der Waals surface area (Å²) in [5.74, 6) is -0.773. The van der Waals surface area contributed by atoms with E-state index in [0.29, 0.717) is 34.4 Å². The Hall–Kier alpha value is -3.33. The maximum Gasteiger partial charge on any atom is 0.261 e. The fourth-order valence-electron chi connectivity index (χ4n) is 3.36. The molecule has 0 bridgehead atoms. The number of hydrogen-bond acceptors (Lipinski definition) is 6. The fourth-order valence-corrected chi connectivity index (χ4v) is 4.43. The van der Waals surface area contributed by atoms with Gasteiger partial charge in [-0.2, -0.15) is 0 Å². The van der Waals surface area contributed by atoms with Crippen molar-refractivity contribution in [2.24, 2.45) is 0 Å². The van der Waals surface area contributed by atoms with Crippen LogP contribution in [0.25, 0.3) is 11.0 Å². The number of hydrogen-bond donors (Lipinski definition) is 2. The summed E-state index contributed by atoms with van der Waals surface area (Å²) in [7, 11) is -2.38. The normalized spacial score (nSPS) is 17.2. The number of carbonyl (C=O) groups is 2. The monoisotopic (exact) mass is 414 g/mol. The predicted molar refractivity (Wildman–Crippen MR) is 105 cm³/mol.